The normalized spacial score (nSPS) is 16.3. The number of benzene rings is 1. The first-order valence-corrected chi connectivity index (χ1v) is 7.61. The highest BCUT2D eigenvalue weighted by atomic mass is 32.2. The van der Waals surface area contributed by atoms with Crippen LogP contribution in [0.15, 0.2) is 29.2 Å². The molecule has 0 unspecified atom stereocenters. The summed E-state index contributed by atoms with van der Waals surface area (Å²) in [6.07, 6.45) is 7.52. The van der Waals surface area contributed by atoms with Gasteiger partial charge in [0.25, 0.3) is 0 Å². The zero-order chi connectivity index (χ0) is 11.9. The quantitative estimate of drug-likeness (QED) is 0.619. The van der Waals surface area contributed by atoms with Gasteiger partial charge >= 0.3 is 0 Å². The Morgan fingerprint density at radius 1 is 1.24 bits per heavy atom. The van der Waals surface area contributed by atoms with Crippen LogP contribution in [-0.4, -0.2) is 25.4 Å². The van der Waals surface area contributed by atoms with Crippen molar-refractivity contribution in [3.8, 4) is 5.75 Å². The average Bonchev–Trinajstić information content (AvgIpc) is 2.88. The largest absolute Gasteiger partial charge is 0.492 e. The van der Waals surface area contributed by atoms with Gasteiger partial charge in [0.1, 0.15) is 12.4 Å². The van der Waals surface area contributed by atoms with Crippen molar-refractivity contribution in [3.05, 3.63) is 24.3 Å². The SMILES string of the molecule is CSc1ccc(OCCNC2CCCC2)cc1. The van der Waals surface area contributed by atoms with Gasteiger partial charge in [0.2, 0.25) is 0 Å². The standard InChI is InChI=1S/C14H21NOS/c1-17-14-8-6-13(7-9-14)16-11-10-15-12-4-2-3-5-12/h6-9,12,15H,2-5,10-11H2,1H3. The molecule has 0 amide bonds. The Labute approximate surface area is 108 Å². The van der Waals surface area contributed by atoms with Crippen molar-refractivity contribution in [2.75, 3.05) is 19.4 Å². The molecule has 1 aromatic carbocycles. The third-order valence-corrected chi connectivity index (χ3v) is 3.96. The van der Waals surface area contributed by atoms with Crippen molar-refractivity contribution in [2.24, 2.45) is 0 Å². The zero-order valence-corrected chi connectivity index (χ0v) is 11.3. The van der Waals surface area contributed by atoms with E-state index in [1.165, 1.54) is 30.6 Å². The number of rotatable bonds is 6. The molecule has 1 aromatic rings. The molecule has 2 nitrogen and oxygen atoms in total. The predicted octanol–water partition coefficient (Wildman–Crippen LogP) is 3.32. The molecule has 2 rings (SSSR count). The van der Waals surface area contributed by atoms with Crippen LogP contribution < -0.4 is 10.1 Å². The molecule has 1 aliphatic rings. The fraction of sp³-hybridized carbons (Fsp3) is 0.571. The van der Waals surface area contributed by atoms with Gasteiger partial charge in [-0.25, -0.2) is 0 Å². The first-order chi connectivity index (χ1) is 8.38. The van der Waals surface area contributed by atoms with Crippen LogP contribution in [0.5, 0.6) is 5.75 Å². The molecule has 0 bridgehead atoms. The highest BCUT2D eigenvalue weighted by Crippen LogP contribution is 2.19. The van der Waals surface area contributed by atoms with Crippen molar-refractivity contribution >= 4 is 11.8 Å². The van der Waals surface area contributed by atoms with Crippen LogP contribution in [0.3, 0.4) is 0 Å². The molecule has 0 aliphatic heterocycles. The van der Waals surface area contributed by atoms with E-state index < -0.39 is 0 Å². The Morgan fingerprint density at radius 2 is 1.94 bits per heavy atom. The van der Waals surface area contributed by atoms with E-state index >= 15 is 0 Å². The molecule has 1 N–H and O–H groups in total. The van der Waals surface area contributed by atoms with Crippen molar-refractivity contribution in [2.45, 2.75) is 36.6 Å². The molecule has 0 atom stereocenters. The maximum Gasteiger partial charge on any atom is 0.119 e. The molecule has 0 radical (unpaired) electrons. The van der Waals surface area contributed by atoms with Crippen LogP contribution in [0.25, 0.3) is 0 Å². The van der Waals surface area contributed by atoms with E-state index in [0.717, 1.165) is 24.9 Å². The summed E-state index contributed by atoms with van der Waals surface area (Å²) < 4.78 is 5.69. The number of thioether (sulfide) groups is 1. The fourth-order valence-corrected chi connectivity index (χ4v) is 2.64. The van der Waals surface area contributed by atoms with Crippen LogP contribution in [-0.2, 0) is 0 Å². The summed E-state index contributed by atoms with van der Waals surface area (Å²) in [5.74, 6) is 0.969. The molecule has 0 saturated heterocycles. The molecule has 0 spiro atoms. The summed E-state index contributed by atoms with van der Waals surface area (Å²) in [5, 5.41) is 3.55. The van der Waals surface area contributed by atoms with Gasteiger partial charge in [-0.2, -0.15) is 0 Å². The summed E-state index contributed by atoms with van der Waals surface area (Å²) in [4.78, 5) is 1.28. The van der Waals surface area contributed by atoms with Crippen molar-refractivity contribution < 1.29 is 4.74 Å². The molecular formula is C14H21NOS. The van der Waals surface area contributed by atoms with Gasteiger partial charge in [-0.15, -0.1) is 11.8 Å². The van der Waals surface area contributed by atoms with Crippen LogP contribution in [0.2, 0.25) is 0 Å². The summed E-state index contributed by atoms with van der Waals surface area (Å²) >= 11 is 1.75. The molecule has 94 valence electrons. The fourth-order valence-electron chi connectivity index (χ4n) is 2.23. The monoisotopic (exact) mass is 251 g/mol. The van der Waals surface area contributed by atoms with Crippen LogP contribution in [0, 0.1) is 0 Å². The van der Waals surface area contributed by atoms with E-state index in [-0.39, 0.29) is 0 Å². The van der Waals surface area contributed by atoms with E-state index in [1.807, 2.05) is 12.1 Å². The highest BCUT2D eigenvalue weighted by Gasteiger charge is 2.13. The Kier molecular flexibility index (Phi) is 5.20. The number of hydrogen-bond acceptors (Lipinski definition) is 3. The minimum absolute atomic E-state index is 0.734. The minimum Gasteiger partial charge on any atom is -0.492 e. The second kappa shape index (κ2) is 6.92. The lowest BCUT2D eigenvalue weighted by Gasteiger charge is -2.12. The van der Waals surface area contributed by atoms with E-state index in [9.17, 15) is 0 Å². The number of nitrogens with one attached hydrogen (secondary N) is 1. The second-order valence-corrected chi connectivity index (χ2v) is 5.34. The topological polar surface area (TPSA) is 21.3 Å². The molecular weight excluding hydrogens is 230 g/mol. The lowest BCUT2D eigenvalue weighted by molar-refractivity contribution is 0.305. The van der Waals surface area contributed by atoms with Gasteiger partial charge in [0, 0.05) is 17.5 Å². The lowest BCUT2D eigenvalue weighted by Crippen LogP contribution is -2.30. The maximum atomic E-state index is 5.69. The van der Waals surface area contributed by atoms with Crippen LogP contribution in [0.4, 0.5) is 0 Å². The van der Waals surface area contributed by atoms with Gasteiger partial charge in [0.05, 0.1) is 0 Å². The zero-order valence-electron chi connectivity index (χ0n) is 10.4. The van der Waals surface area contributed by atoms with E-state index in [4.69, 9.17) is 4.74 Å². The van der Waals surface area contributed by atoms with Gasteiger partial charge in [-0.3, -0.25) is 0 Å². The summed E-state index contributed by atoms with van der Waals surface area (Å²) in [6.45, 7) is 1.71. The summed E-state index contributed by atoms with van der Waals surface area (Å²) in [6, 6.07) is 9.02. The van der Waals surface area contributed by atoms with Crippen molar-refractivity contribution in [1.29, 1.82) is 0 Å². The second-order valence-electron chi connectivity index (χ2n) is 4.46. The number of ether oxygens (including phenoxy) is 1. The van der Waals surface area contributed by atoms with E-state index in [0.29, 0.717) is 0 Å². The van der Waals surface area contributed by atoms with Gasteiger partial charge in [0.15, 0.2) is 0 Å². The first kappa shape index (κ1) is 12.8. The first-order valence-electron chi connectivity index (χ1n) is 6.39. The summed E-state index contributed by atoms with van der Waals surface area (Å²) in [7, 11) is 0. The van der Waals surface area contributed by atoms with E-state index in [2.05, 4.69) is 23.7 Å². The molecule has 1 fully saturated rings. The maximum absolute atomic E-state index is 5.69. The Bertz CT molecular complexity index is 319. The van der Waals surface area contributed by atoms with Crippen LogP contribution >= 0.6 is 11.8 Å². The van der Waals surface area contributed by atoms with E-state index in [1.54, 1.807) is 11.8 Å². The molecule has 0 heterocycles. The highest BCUT2D eigenvalue weighted by molar-refractivity contribution is 7.98. The number of hydrogen-bond donors (Lipinski definition) is 1. The van der Waals surface area contributed by atoms with Crippen molar-refractivity contribution in [1.82, 2.24) is 5.32 Å². The molecule has 1 saturated carbocycles. The summed E-state index contributed by atoms with van der Waals surface area (Å²) in [5.41, 5.74) is 0. The molecule has 0 aromatic heterocycles. The molecule has 17 heavy (non-hydrogen) atoms. The Morgan fingerprint density at radius 3 is 2.59 bits per heavy atom. The third-order valence-electron chi connectivity index (χ3n) is 3.22. The van der Waals surface area contributed by atoms with Gasteiger partial charge < -0.3 is 10.1 Å². The smallest absolute Gasteiger partial charge is 0.119 e. The van der Waals surface area contributed by atoms with Gasteiger partial charge in [-0.1, -0.05) is 12.8 Å². The van der Waals surface area contributed by atoms with Gasteiger partial charge in [-0.05, 0) is 43.4 Å². The lowest BCUT2D eigenvalue weighted by atomic mass is 10.2. The Hall–Kier alpha value is -0.670. The average molecular weight is 251 g/mol. The predicted molar refractivity (Wildman–Crippen MR) is 74.0 cm³/mol. The third kappa shape index (κ3) is 4.25. The van der Waals surface area contributed by atoms with Crippen molar-refractivity contribution in [3.63, 3.8) is 0 Å². The Balaban J connectivity index is 1.63. The molecule has 3 heteroatoms. The minimum atomic E-state index is 0.734. The van der Waals surface area contributed by atoms with Crippen LogP contribution in [0.1, 0.15) is 25.7 Å². The molecule has 1 aliphatic carbocycles.